The minimum Gasteiger partial charge on any atom is -0.477 e. The van der Waals surface area contributed by atoms with Gasteiger partial charge in [-0.05, 0) is 29.8 Å². The van der Waals surface area contributed by atoms with Crippen molar-refractivity contribution in [2.24, 2.45) is 0 Å². The zero-order chi connectivity index (χ0) is 17.1. The molecule has 3 rings (SSSR count). The molecule has 0 saturated heterocycles. The van der Waals surface area contributed by atoms with Crippen molar-refractivity contribution in [3.05, 3.63) is 69.0 Å². The molecule has 122 valence electrons. The van der Waals surface area contributed by atoms with E-state index in [1.54, 1.807) is 30.3 Å². The highest BCUT2D eigenvalue weighted by Crippen LogP contribution is 2.34. The van der Waals surface area contributed by atoms with Gasteiger partial charge in [-0.25, -0.2) is 9.78 Å². The third-order valence-electron chi connectivity index (χ3n) is 3.15. The zero-order valence-electron chi connectivity index (χ0n) is 12.2. The van der Waals surface area contributed by atoms with Crippen molar-refractivity contribution in [1.29, 1.82) is 0 Å². The first-order valence-corrected chi connectivity index (χ1v) is 8.47. The smallest absolute Gasteiger partial charge is 0.351 e. The molecule has 0 amide bonds. The Kier molecular flexibility index (Phi) is 5.04. The Morgan fingerprint density at radius 2 is 1.88 bits per heavy atom. The molecule has 0 aliphatic carbocycles. The highest BCUT2D eigenvalue weighted by molar-refractivity contribution is 7.17. The van der Waals surface area contributed by atoms with Crippen molar-refractivity contribution in [3.8, 4) is 16.5 Å². The molecule has 1 aromatic heterocycles. The third kappa shape index (κ3) is 3.87. The summed E-state index contributed by atoms with van der Waals surface area (Å²) in [6.45, 7) is 0.205. The summed E-state index contributed by atoms with van der Waals surface area (Å²) in [6, 6.07) is 14.2. The maximum Gasteiger partial charge on any atom is 0.351 e. The third-order valence-corrected chi connectivity index (χ3v) is 4.71. The summed E-state index contributed by atoms with van der Waals surface area (Å²) in [4.78, 5) is 15.8. The van der Waals surface area contributed by atoms with Gasteiger partial charge >= 0.3 is 5.97 Å². The lowest BCUT2D eigenvalue weighted by atomic mass is 10.2. The van der Waals surface area contributed by atoms with Crippen LogP contribution in [0.3, 0.4) is 0 Å². The SMILES string of the molecule is O=C(O)c1sc(-c2cccc(Cl)c2)nc1OCc1ccc(Cl)cc1. The molecule has 0 unspecified atom stereocenters. The number of aromatic nitrogens is 1. The van der Waals surface area contributed by atoms with E-state index in [0.29, 0.717) is 15.1 Å². The van der Waals surface area contributed by atoms with E-state index in [0.717, 1.165) is 22.5 Å². The Bertz CT molecular complexity index is 878. The van der Waals surface area contributed by atoms with Crippen LogP contribution in [0, 0.1) is 0 Å². The summed E-state index contributed by atoms with van der Waals surface area (Å²) in [6.07, 6.45) is 0. The van der Waals surface area contributed by atoms with Crippen LogP contribution in [-0.4, -0.2) is 16.1 Å². The molecule has 2 aromatic carbocycles. The van der Waals surface area contributed by atoms with Crippen molar-refractivity contribution in [2.75, 3.05) is 0 Å². The molecule has 0 fully saturated rings. The van der Waals surface area contributed by atoms with Gasteiger partial charge in [-0.2, -0.15) is 0 Å². The van der Waals surface area contributed by atoms with Gasteiger partial charge in [0.15, 0.2) is 4.88 Å². The Labute approximate surface area is 152 Å². The number of aromatic carboxylic acids is 1. The second-order valence-corrected chi connectivity index (χ2v) is 6.76. The monoisotopic (exact) mass is 379 g/mol. The van der Waals surface area contributed by atoms with E-state index >= 15 is 0 Å². The van der Waals surface area contributed by atoms with Crippen LogP contribution in [0.5, 0.6) is 5.88 Å². The van der Waals surface area contributed by atoms with E-state index in [1.807, 2.05) is 18.2 Å². The van der Waals surface area contributed by atoms with Crippen LogP contribution in [0.25, 0.3) is 10.6 Å². The lowest BCUT2D eigenvalue weighted by molar-refractivity contribution is 0.0697. The van der Waals surface area contributed by atoms with Crippen molar-refractivity contribution in [2.45, 2.75) is 6.61 Å². The maximum absolute atomic E-state index is 11.4. The van der Waals surface area contributed by atoms with E-state index in [9.17, 15) is 9.90 Å². The van der Waals surface area contributed by atoms with Gasteiger partial charge in [0, 0.05) is 15.6 Å². The number of ether oxygens (including phenoxy) is 1. The van der Waals surface area contributed by atoms with Crippen LogP contribution in [-0.2, 0) is 6.61 Å². The molecular weight excluding hydrogens is 369 g/mol. The summed E-state index contributed by atoms with van der Waals surface area (Å²) in [7, 11) is 0. The van der Waals surface area contributed by atoms with E-state index in [4.69, 9.17) is 27.9 Å². The fraction of sp³-hybridized carbons (Fsp3) is 0.0588. The summed E-state index contributed by atoms with van der Waals surface area (Å²) in [5.41, 5.74) is 1.62. The van der Waals surface area contributed by atoms with Crippen LogP contribution in [0.2, 0.25) is 10.0 Å². The topological polar surface area (TPSA) is 59.4 Å². The number of hydrogen-bond acceptors (Lipinski definition) is 4. The quantitative estimate of drug-likeness (QED) is 0.644. The summed E-state index contributed by atoms with van der Waals surface area (Å²) in [5, 5.41) is 11.1. The van der Waals surface area contributed by atoms with Crippen molar-refractivity contribution in [1.82, 2.24) is 4.98 Å². The second kappa shape index (κ2) is 7.21. The molecule has 0 aliphatic heterocycles. The van der Waals surface area contributed by atoms with Gasteiger partial charge in [0.2, 0.25) is 5.88 Å². The highest BCUT2D eigenvalue weighted by atomic mass is 35.5. The van der Waals surface area contributed by atoms with E-state index in [2.05, 4.69) is 4.98 Å². The van der Waals surface area contributed by atoms with E-state index < -0.39 is 5.97 Å². The largest absolute Gasteiger partial charge is 0.477 e. The summed E-state index contributed by atoms with van der Waals surface area (Å²) < 4.78 is 5.60. The molecule has 0 saturated carbocycles. The molecule has 0 atom stereocenters. The summed E-state index contributed by atoms with van der Waals surface area (Å²) >= 11 is 12.9. The lowest BCUT2D eigenvalue weighted by Crippen LogP contribution is -2.01. The average Bonchev–Trinajstić information content (AvgIpc) is 2.99. The number of carboxylic acid groups (broad SMARTS) is 1. The van der Waals surface area contributed by atoms with Crippen LogP contribution in [0.1, 0.15) is 15.2 Å². The number of halogens is 2. The molecule has 4 nitrogen and oxygen atoms in total. The Morgan fingerprint density at radius 3 is 2.54 bits per heavy atom. The van der Waals surface area contributed by atoms with Crippen molar-refractivity contribution >= 4 is 40.5 Å². The number of benzene rings is 2. The molecule has 24 heavy (non-hydrogen) atoms. The fourth-order valence-electron chi connectivity index (χ4n) is 2.02. The lowest BCUT2D eigenvalue weighted by Gasteiger charge is -2.04. The molecule has 0 spiro atoms. The van der Waals surface area contributed by atoms with Crippen LogP contribution in [0.15, 0.2) is 48.5 Å². The van der Waals surface area contributed by atoms with Crippen LogP contribution in [0.4, 0.5) is 0 Å². The van der Waals surface area contributed by atoms with Gasteiger partial charge in [-0.3, -0.25) is 0 Å². The Balaban J connectivity index is 1.86. The van der Waals surface area contributed by atoms with Crippen molar-refractivity contribution < 1.29 is 14.6 Å². The van der Waals surface area contributed by atoms with Gasteiger partial charge < -0.3 is 9.84 Å². The molecule has 0 bridgehead atoms. The first-order valence-electron chi connectivity index (χ1n) is 6.90. The van der Waals surface area contributed by atoms with Crippen LogP contribution >= 0.6 is 34.5 Å². The molecule has 1 heterocycles. The number of thiazole rings is 1. The first-order chi connectivity index (χ1) is 11.5. The Morgan fingerprint density at radius 1 is 1.12 bits per heavy atom. The molecular formula is C17H11Cl2NO3S. The van der Waals surface area contributed by atoms with Gasteiger partial charge in [0.25, 0.3) is 0 Å². The van der Waals surface area contributed by atoms with Crippen LogP contribution < -0.4 is 4.74 Å². The minimum absolute atomic E-state index is 0.0546. The summed E-state index contributed by atoms with van der Waals surface area (Å²) in [5.74, 6) is -0.982. The molecule has 7 heteroatoms. The number of carbonyl (C=O) groups is 1. The maximum atomic E-state index is 11.4. The molecule has 0 radical (unpaired) electrons. The van der Waals surface area contributed by atoms with E-state index in [-0.39, 0.29) is 17.4 Å². The van der Waals surface area contributed by atoms with Gasteiger partial charge in [-0.1, -0.05) is 47.5 Å². The van der Waals surface area contributed by atoms with Gasteiger partial charge in [0.1, 0.15) is 11.6 Å². The molecule has 1 N–H and O–H groups in total. The number of rotatable bonds is 5. The van der Waals surface area contributed by atoms with Gasteiger partial charge in [0.05, 0.1) is 0 Å². The molecule has 3 aromatic rings. The predicted octanol–water partition coefficient (Wildman–Crippen LogP) is 5.39. The standard InChI is InChI=1S/C17H11Cl2NO3S/c18-12-6-4-10(5-7-12)9-23-15-14(17(21)22)24-16(20-15)11-2-1-3-13(19)8-11/h1-8H,9H2,(H,21,22). The predicted molar refractivity (Wildman–Crippen MR) is 95.3 cm³/mol. The number of nitrogens with zero attached hydrogens (tertiary/aromatic N) is 1. The second-order valence-electron chi connectivity index (χ2n) is 4.88. The zero-order valence-corrected chi connectivity index (χ0v) is 14.5. The van der Waals surface area contributed by atoms with Gasteiger partial charge in [-0.15, -0.1) is 11.3 Å². The fourth-order valence-corrected chi connectivity index (χ4v) is 3.18. The highest BCUT2D eigenvalue weighted by Gasteiger charge is 2.20. The number of hydrogen-bond donors (Lipinski definition) is 1. The molecule has 0 aliphatic rings. The average molecular weight is 380 g/mol. The normalized spacial score (nSPS) is 10.6. The first kappa shape index (κ1) is 16.8. The Hall–Kier alpha value is -2.08. The minimum atomic E-state index is -1.08. The van der Waals surface area contributed by atoms with E-state index in [1.165, 1.54) is 0 Å². The van der Waals surface area contributed by atoms with Crippen molar-refractivity contribution in [3.63, 3.8) is 0 Å². The number of carboxylic acids is 1.